The lowest BCUT2D eigenvalue weighted by atomic mass is 9.77. The summed E-state index contributed by atoms with van der Waals surface area (Å²) in [5.41, 5.74) is 0. The van der Waals surface area contributed by atoms with E-state index in [-0.39, 0.29) is 12.0 Å². The van der Waals surface area contributed by atoms with Gasteiger partial charge in [-0.25, -0.2) is 0 Å². The van der Waals surface area contributed by atoms with Gasteiger partial charge in [-0.05, 0) is 38.0 Å². The molecule has 106 valence electrons. The molecule has 0 aromatic carbocycles. The van der Waals surface area contributed by atoms with Crippen molar-refractivity contribution in [2.75, 3.05) is 6.61 Å². The predicted octanol–water partition coefficient (Wildman–Crippen LogP) is 3.13. The summed E-state index contributed by atoms with van der Waals surface area (Å²) in [7, 11) is 0. The zero-order valence-electron chi connectivity index (χ0n) is 12.4. The molecule has 0 amide bonds. The SMILES string of the molecule is CCOC(=O)C(CC)NC1CCCCC1C(C)C. The average molecular weight is 255 g/mol. The second-order valence-corrected chi connectivity index (χ2v) is 5.68. The molecular weight excluding hydrogens is 226 g/mol. The third-order valence-electron chi connectivity index (χ3n) is 4.07. The van der Waals surface area contributed by atoms with Crippen LogP contribution in [0.3, 0.4) is 0 Å². The average Bonchev–Trinajstić information content (AvgIpc) is 2.36. The fourth-order valence-electron chi connectivity index (χ4n) is 3.02. The molecule has 1 fully saturated rings. The van der Waals surface area contributed by atoms with Crippen molar-refractivity contribution in [1.29, 1.82) is 0 Å². The van der Waals surface area contributed by atoms with Crippen LogP contribution in [0.1, 0.15) is 59.8 Å². The van der Waals surface area contributed by atoms with Gasteiger partial charge in [-0.2, -0.15) is 0 Å². The van der Waals surface area contributed by atoms with Gasteiger partial charge in [0, 0.05) is 6.04 Å². The van der Waals surface area contributed by atoms with Gasteiger partial charge >= 0.3 is 5.97 Å². The van der Waals surface area contributed by atoms with E-state index in [1.54, 1.807) is 0 Å². The van der Waals surface area contributed by atoms with E-state index < -0.39 is 0 Å². The maximum absolute atomic E-state index is 11.8. The number of rotatable bonds is 6. The molecule has 0 aromatic rings. The lowest BCUT2D eigenvalue weighted by molar-refractivity contribution is -0.146. The largest absolute Gasteiger partial charge is 0.465 e. The van der Waals surface area contributed by atoms with Gasteiger partial charge in [0.2, 0.25) is 0 Å². The first kappa shape index (κ1) is 15.5. The van der Waals surface area contributed by atoms with E-state index in [4.69, 9.17) is 4.74 Å². The van der Waals surface area contributed by atoms with Crippen LogP contribution in [-0.4, -0.2) is 24.7 Å². The maximum atomic E-state index is 11.8. The third-order valence-corrected chi connectivity index (χ3v) is 4.07. The van der Waals surface area contributed by atoms with Crippen LogP contribution in [0, 0.1) is 11.8 Å². The second-order valence-electron chi connectivity index (χ2n) is 5.68. The Labute approximate surface area is 112 Å². The summed E-state index contributed by atoms with van der Waals surface area (Å²) in [6.07, 6.45) is 5.89. The van der Waals surface area contributed by atoms with E-state index in [0.717, 1.165) is 6.42 Å². The lowest BCUT2D eigenvalue weighted by Gasteiger charge is -2.36. The molecule has 1 aliphatic carbocycles. The van der Waals surface area contributed by atoms with Crippen LogP contribution in [0.5, 0.6) is 0 Å². The Morgan fingerprint density at radius 3 is 2.50 bits per heavy atom. The van der Waals surface area contributed by atoms with Crippen molar-refractivity contribution in [2.24, 2.45) is 11.8 Å². The topological polar surface area (TPSA) is 38.3 Å². The summed E-state index contributed by atoms with van der Waals surface area (Å²) in [4.78, 5) is 11.8. The molecule has 0 aliphatic heterocycles. The molecule has 0 saturated heterocycles. The molecule has 1 N–H and O–H groups in total. The van der Waals surface area contributed by atoms with E-state index in [2.05, 4.69) is 19.2 Å². The van der Waals surface area contributed by atoms with Crippen LogP contribution in [0.15, 0.2) is 0 Å². The molecule has 1 saturated carbocycles. The van der Waals surface area contributed by atoms with E-state index >= 15 is 0 Å². The van der Waals surface area contributed by atoms with Crippen LogP contribution in [0.25, 0.3) is 0 Å². The van der Waals surface area contributed by atoms with E-state index in [0.29, 0.717) is 24.5 Å². The first-order chi connectivity index (χ1) is 8.60. The van der Waals surface area contributed by atoms with Crippen molar-refractivity contribution in [2.45, 2.75) is 71.9 Å². The van der Waals surface area contributed by atoms with Crippen molar-refractivity contribution in [3.63, 3.8) is 0 Å². The van der Waals surface area contributed by atoms with Gasteiger partial charge in [-0.1, -0.05) is 33.6 Å². The van der Waals surface area contributed by atoms with E-state index in [1.807, 2.05) is 13.8 Å². The van der Waals surface area contributed by atoms with Crippen LogP contribution < -0.4 is 5.32 Å². The zero-order chi connectivity index (χ0) is 13.5. The molecule has 1 rings (SSSR count). The third kappa shape index (κ3) is 4.27. The van der Waals surface area contributed by atoms with E-state index in [1.165, 1.54) is 25.7 Å². The van der Waals surface area contributed by atoms with Gasteiger partial charge in [0.25, 0.3) is 0 Å². The Morgan fingerprint density at radius 2 is 1.94 bits per heavy atom. The summed E-state index contributed by atoms with van der Waals surface area (Å²) in [5, 5.41) is 3.55. The highest BCUT2D eigenvalue weighted by Crippen LogP contribution is 2.30. The minimum absolute atomic E-state index is 0.0897. The van der Waals surface area contributed by atoms with Crippen molar-refractivity contribution in [1.82, 2.24) is 5.32 Å². The van der Waals surface area contributed by atoms with Gasteiger partial charge in [0.1, 0.15) is 6.04 Å². The monoisotopic (exact) mass is 255 g/mol. The number of hydrogen-bond acceptors (Lipinski definition) is 3. The van der Waals surface area contributed by atoms with Gasteiger partial charge in [0.15, 0.2) is 0 Å². The highest BCUT2D eigenvalue weighted by Gasteiger charge is 2.30. The number of ether oxygens (including phenoxy) is 1. The number of hydrogen-bond donors (Lipinski definition) is 1. The molecule has 3 heteroatoms. The zero-order valence-corrected chi connectivity index (χ0v) is 12.4. The highest BCUT2D eigenvalue weighted by molar-refractivity contribution is 5.75. The highest BCUT2D eigenvalue weighted by atomic mass is 16.5. The molecule has 3 atom stereocenters. The molecule has 1 aliphatic rings. The molecule has 0 aromatic heterocycles. The number of esters is 1. The Morgan fingerprint density at radius 1 is 1.28 bits per heavy atom. The van der Waals surface area contributed by atoms with Gasteiger partial charge < -0.3 is 10.1 Å². The fraction of sp³-hybridized carbons (Fsp3) is 0.933. The number of carbonyl (C=O) groups is 1. The summed E-state index contributed by atoms with van der Waals surface area (Å²) >= 11 is 0. The normalized spacial score (nSPS) is 26.1. The molecule has 0 heterocycles. The van der Waals surface area contributed by atoms with Crippen molar-refractivity contribution in [3.8, 4) is 0 Å². The summed E-state index contributed by atoms with van der Waals surface area (Å²) in [6, 6.07) is 0.349. The molecule has 18 heavy (non-hydrogen) atoms. The maximum Gasteiger partial charge on any atom is 0.323 e. The Bertz CT molecular complexity index is 253. The molecule has 0 spiro atoms. The number of carbonyl (C=O) groups excluding carboxylic acids is 1. The first-order valence-electron chi connectivity index (χ1n) is 7.52. The molecular formula is C15H29NO2. The van der Waals surface area contributed by atoms with Gasteiger partial charge in [-0.15, -0.1) is 0 Å². The van der Waals surface area contributed by atoms with E-state index in [9.17, 15) is 4.79 Å². The summed E-state index contributed by atoms with van der Waals surface area (Å²) in [6.45, 7) is 8.95. The smallest absolute Gasteiger partial charge is 0.323 e. The summed E-state index contributed by atoms with van der Waals surface area (Å²) in [5.74, 6) is 1.29. The van der Waals surface area contributed by atoms with Crippen LogP contribution in [-0.2, 0) is 9.53 Å². The molecule has 0 radical (unpaired) electrons. The Balaban J connectivity index is 2.58. The van der Waals surface area contributed by atoms with Crippen LogP contribution in [0.4, 0.5) is 0 Å². The van der Waals surface area contributed by atoms with Crippen LogP contribution >= 0.6 is 0 Å². The number of nitrogens with one attached hydrogen (secondary N) is 1. The van der Waals surface area contributed by atoms with Gasteiger partial charge in [-0.3, -0.25) is 4.79 Å². The second kappa shape index (κ2) is 7.78. The van der Waals surface area contributed by atoms with Crippen LogP contribution in [0.2, 0.25) is 0 Å². The van der Waals surface area contributed by atoms with Crippen molar-refractivity contribution in [3.05, 3.63) is 0 Å². The van der Waals surface area contributed by atoms with Crippen molar-refractivity contribution < 1.29 is 9.53 Å². The Hall–Kier alpha value is -0.570. The quantitative estimate of drug-likeness (QED) is 0.741. The minimum Gasteiger partial charge on any atom is -0.465 e. The fourth-order valence-corrected chi connectivity index (χ4v) is 3.02. The van der Waals surface area contributed by atoms with Gasteiger partial charge in [0.05, 0.1) is 6.61 Å². The minimum atomic E-state index is -0.130. The summed E-state index contributed by atoms with van der Waals surface area (Å²) < 4.78 is 5.13. The first-order valence-corrected chi connectivity index (χ1v) is 7.52. The molecule has 3 unspecified atom stereocenters. The Kier molecular flexibility index (Phi) is 6.69. The van der Waals surface area contributed by atoms with Crippen molar-refractivity contribution >= 4 is 5.97 Å². The lowest BCUT2D eigenvalue weighted by Crippen LogP contribution is -2.49. The molecule has 0 bridgehead atoms. The predicted molar refractivity (Wildman–Crippen MR) is 74.4 cm³/mol. The molecule has 3 nitrogen and oxygen atoms in total. The standard InChI is InChI=1S/C15H29NO2/c1-5-13(15(17)18-6-2)16-14-10-8-7-9-12(14)11(3)4/h11-14,16H,5-10H2,1-4H3.